The zero-order chi connectivity index (χ0) is 18.6. The molecule has 0 aromatic rings. The van der Waals surface area contributed by atoms with Gasteiger partial charge in [-0.1, -0.05) is 0 Å². The summed E-state index contributed by atoms with van der Waals surface area (Å²) in [5.74, 6) is 0. The van der Waals surface area contributed by atoms with Crippen molar-refractivity contribution in [2.45, 2.75) is 77.0 Å². The number of unbranched alkanes of at least 4 members (excludes halogenated alkanes) is 8. The van der Waals surface area contributed by atoms with Crippen molar-refractivity contribution in [2.75, 3.05) is 24.6 Å². The van der Waals surface area contributed by atoms with Crippen molar-refractivity contribution in [3.63, 3.8) is 0 Å². The SMILES string of the molecule is C=CCCCC[PH](CCCCC=C)(CCCCC=C)CCCCC=C. The van der Waals surface area contributed by atoms with Gasteiger partial charge in [0.15, 0.2) is 0 Å². The molecule has 0 atom stereocenters. The zero-order valence-electron chi connectivity index (χ0n) is 17.0. The maximum absolute atomic E-state index is 3.89. The molecule has 0 N–H and O–H groups in total. The van der Waals surface area contributed by atoms with Crippen LogP contribution < -0.4 is 0 Å². The van der Waals surface area contributed by atoms with Crippen LogP contribution in [0.15, 0.2) is 50.6 Å². The van der Waals surface area contributed by atoms with Gasteiger partial charge in [-0.15, -0.1) is 0 Å². The molecule has 0 spiro atoms. The summed E-state index contributed by atoms with van der Waals surface area (Å²) in [5.41, 5.74) is 0. The van der Waals surface area contributed by atoms with E-state index in [0.29, 0.717) is 0 Å². The van der Waals surface area contributed by atoms with Crippen LogP contribution in [0.25, 0.3) is 0 Å². The summed E-state index contributed by atoms with van der Waals surface area (Å²) in [7, 11) is -1.13. The van der Waals surface area contributed by atoms with E-state index in [-0.39, 0.29) is 0 Å². The summed E-state index contributed by atoms with van der Waals surface area (Å²) < 4.78 is 0. The minimum absolute atomic E-state index is 1.13. The van der Waals surface area contributed by atoms with Gasteiger partial charge in [0.05, 0.1) is 0 Å². The van der Waals surface area contributed by atoms with Gasteiger partial charge < -0.3 is 0 Å². The molecule has 0 unspecified atom stereocenters. The van der Waals surface area contributed by atoms with E-state index >= 15 is 0 Å². The number of rotatable bonds is 20. The van der Waals surface area contributed by atoms with Crippen molar-refractivity contribution in [1.82, 2.24) is 0 Å². The fourth-order valence-electron chi connectivity index (χ4n) is 3.90. The van der Waals surface area contributed by atoms with Crippen LogP contribution in [0.1, 0.15) is 77.0 Å². The molecule has 0 saturated carbocycles. The third-order valence-corrected chi connectivity index (χ3v) is 11.1. The second kappa shape index (κ2) is 18.2. The molecule has 0 nitrogen and oxygen atoms in total. The zero-order valence-corrected chi connectivity index (χ0v) is 18.0. The fraction of sp³-hybridized carbons (Fsp3) is 0.667. The normalized spacial score (nSPS) is 11.8. The van der Waals surface area contributed by atoms with E-state index < -0.39 is 7.26 Å². The summed E-state index contributed by atoms with van der Waals surface area (Å²) in [6.45, 7) is 15.6. The van der Waals surface area contributed by atoms with Gasteiger partial charge in [0.25, 0.3) is 0 Å². The van der Waals surface area contributed by atoms with Crippen molar-refractivity contribution in [2.24, 2.45) is 0 Å². The Hall–Kier alpha value is -0.610. The summed E-state index contributed by atoms with van der Waals surface area (Å²) in [6.07, 6.45) is 30.3. The molecule has 0 fully saturated rings. The Labute approximate surface area is 159 Å². The first-order valence-electron chi connectivity index (χ1n) is 10.7. The Morgan fingerprint density at radius 1 is 0.400 bits per heavy atom. The molecule has 0 radical (unpaired) electrons. The van der Waals surface area contributed by atoms with Gasteiger partial charge in [-0.05, 0) is 0 Å². The van der Waals surface area contributed by atoms with Crippen LogP contribution in [0.5, 0.6) is 0 Å². The van der Waals surface area contributed by atoms with Gasteiger partial charge in [-0.2, -0.15) is 0 Å². The van der Waals surface area contributed by atoms with E-state index in [4.69, 9.17) is 0 Å². The van der Waals surface area contributed by atoms with Crippen LogP contribution in [-0.2, 0) is 0 Å². The van der Waals surface area contributed by atoms with Gasteiger partial charge in [-0.25, -0.2) is 0 Å². The van der Waals surface area contributed by atoms with Crippen LogP contribution in [0.4, 0.5) is 0 Å². The molecule has 0 rings (SSSR count). The molecule has 0 bridgehead atoms. The quantitative estimate of drug-likeness (QED) is 0.116. The van der Waals surface area contributed by atoms with Gasteiger partial charge in [0.1, 0.15) is 0 Å². The summed E-state index contributed by atoms with van der Waals surface area (Å²) in [6, 6.07) is 0. The topological polar surface area (TPSA) is 0 Å². The van der Waals surface area contributed by atoms with E-state index in [1.54, 1.807) is 0 Å². The monoisotopic (exact) mass is 364 g/mol. The summed E-state index contributed by atoms with van der Waals surface area (Å²) >= 11 is 0. The summed E-state index contributed by atoms with van der Waals surface area (Å²) in [5, 5.41) is 0. The molecule has 25 heavy (non-hydrogen) atoms. The molecule has 0 aliphatic heterocycles. The van der Waals surface area contributed by atoms with E-state index in [2.05, 4.69) is 50.6 Å². The van der Waals surface area contributed by atoms with Gasteiger partial charge in [-0.3, -0.25) is 0 Å². The summed E-state index contributed by atoms with van der Waals surface area (Å²) in [4.78, 5) is 0. The van der Waals surface area contributed by atoms with Crippen LogP contribution in [0.2, 0.25) is 0 Å². The Morgan fingerprint density at radius 3 is 0.840 bits per heavy atom. The van der Waals surface area contributed by atoms with Gasteiger partial charge in [0, 0.05) is 0 Å². The van der Waals surface area contributed by atoms with Crippen molar-refractivity contribution >= 4 is 7.26 Å². The van der Waals surface area contributed by atoms with E-state index in [9.17, 15) is 0 Å². The molecular weight excluding hydrogens is 319 g/mol. The van der Waals surface area contributed by atoms with Crippen molar-refractivity contribution in [3.8, 4) is 0 Å². The van der Waals surface area contributed by atoms with Gasteiger partial charge >= 0.3 is 160 Å². The third-order valence-electron chi connectivity index (χ3n) is 5.46. The molecule has 0 aliphatic rings. The number of hydrogen-bond acceptors (Lipinski definition) is 0. The second-order valence-corrected chi connectivity index (χ2v) is 12.6. The standard InChI is InChI=1S/C24H45P/c1-5-9-13-17-21-25(22-18-14-10-6-2,23-19-15-11-7-3)24-20-16-12-8-4/h5-8,25H,1-4,9-24H2. The van der Waals surface area contributed by atoms with Gasteiger partial charge in [0.2, 0.25) is 0 Å². The second-order valence-electron chi connectivity index (χ2n) is 7.64. The maximum atomic E-state index is 3.89. The Bertz CT molecular complexity index is 272. The number of hydrogen-bond donors (Lipinski definition) is 0. The molecule has 0 aromatic carbocycles. The first-order valence-corrected chi connectivity index (χ1v) is 13.5. The van der Waals surface area contributed by atoms with Crippen LogP contribution in [0.3, 0.4) is 0 Å². The fourth-order valence-corrected chi connectivity index (χ4v) is 9.40. The molecule has 0 heterocycles. The van der Waals surface area contributed by atoms with Crippen molar-refractivity contribution in [1.29, 1.82) is 0 Å². The third kappa shape index (κ3) is 14.3. The van der Waals surface area contributed by atoms with Crippen molar-refractivity contribution < 1.29 is 0 Å². The average Bonchev–Trinajstić information content (AvgIpc) is 2.63. The van der Waals surface area contributed by atoms with E-state index in [1.807, 2.05) is 0 Å². The molecule has 0 amide bonds. The van der Waals surface area contributed by atoms with Crippen LogP contribution in [-0.4, -0.2) is 24.6 Å². The first kappa shape index (κ1) is 24.4. The molecule has 0 aliphatic carbocycles. The predicted octanol–water partition coefficient (Wildman–Crippen LogP) is 8.16. The molecular formula is C24H45P. The Morgan fingerprint density at radius 2 is 0.640 bits per heavy atom. The molecule has 0 aromatic heterocycles. The Balaban J connectivity index is 4.71. The van der Waals surface area contributed by atoms with Crippen molar-refractivity contribution in [3.05, 3.63) is 50.6 Å². The first-order chi connectivity index (χ1) is 12.2. The minimum atomic E-state index is -1.13. The average molecular weight is 365 g/mol. The molecule has 0 saturated heterocycles. The van der Waals surface area contributed by atoms with Crippen LogP contribution in [0, 0.1) is 0 Å². The molecule has 1 heteroatoms. The van der Waals surface area contributed by atoms with E-state index in [0.717, 1.165) is 0 Å². The van der Waals surface area contributed by atoms with Crippen LogP contribution >= 0.6 is 7.26 Å². The van der Waals surface area contributed by atoms with E-state index in [1.165, 1.54) is 102 Å². The number of allylic oxidation sites excluding steroid dienone is 4. The predicted molar refractivity (Wildman–Crippen MR) is 124 cm³/mol. The molecule has 146 valence electrons. The Kier molecular flexibility index (Phi) is 17.7.